The summed E-state index contributed by atoms with van der Waals surface area (Å²) in [4.78, 5) is 23.6. The Hall–Kier alpha value is -2.10. The Morgan fingerprint density at radius 2 is 2.15 bits per heavy atom. The normalized spacial score (nSPS) is 21.9. The molecule has 106 valence electrons. The molecule has 4 nitrogen and oxygen atoms in total. The maximum atomic E-state index is 12.2. The SMILES string of the molecule is C=Cc1ccc(C(=O)OC2(CC)CCOC(=O)C2)cc1. The predicted molar refractivity (Wildman–Crippen MR) is 75.2 cm³/mol. The molecule has 1 aromatic rings. The number of carbonyl (C=O) groups is 2. The third-order valence-corrected chi connectivity index (χ3v) is 3.62. The zero-order valence-electron chi connectivity index (χ0n) is 11.6. The Labute approximate surface area is 118 Å². The third kappa shape index (κ3) is 3.07. The molecule has 1 unspecified atom stereocenters. The Morgan fingerprint density at radius 1 is 1.45 bits per heavy atom. The van der Waals surface area contributed by atoms with Gasteiger partial charge in [0.25, 0.3) is 0 Å². The van der Waals surface area contributed by atoms with Crippen LogP contribution in [0.2, 0.25) is 0 Å². The lowest BCUT2D eigenvalue weighted by Gasteiger charge is -2.34. The highest BCUT2D eigenvalue weighted by Gasteiger charge is 2.39. The number of ether oxygens (including phenoxy) is 2. The lowest BCUT2D eigenvalue weighted by molar-refractivity contribution is -0.160. The van der Waals surface area contributed by atoms with Gasteiger partial charge in [-0.2, -0.15) is 0 Å². The van der Waals surface area contributed by atoms with Gasteiger partial charge in [0.2, 0.25) is 0 Å². The molecule has 0 bridgehead atoms. The minimum atomic E-state index is -0.733. The van der Waals surface area contributed by atoms with Crippen molar-refractivity contribution in [1.82, 2.24) is 0 Å². The Kier molecular flexibility index (Phi) is 4.23. The van der Waals surface area contributed by atoms with E-state index < -0.39 is 11.6 Å². The summed E-state index contributed by atoms with van der Waals surface area (Å²) in [7, 11) is 0. The van der Waals surface area contributed by atoms with Crippen LogP contribution in [-0.2, 0) is 14.3 Å². The molecular formula is C16H18O4. The van der Waals surface area contributed by atoms with E-state index in [2.05, 4.69) is 6.58 Å². The number of hydrogen-bond donors (Lipinski definition) is 0. The smallest absolute Gasteiger partial charge is 0.338 e. The summed E-state index contributed by atoms with van der Waals surface area (Å²) in [5, 5.41) is 0. The summed E-state index contributed by atoms with van der Waals surface area (Å²) < 4.78 is 10.5. The second-order valence-electron chi connectivity index (χ2n) is 4.90. The van der Waals surface area contributed by atoms with Crippen molar-refractivity contribution in [3.05, 3.63) is 42.0 Å². The molecule has 1 fully saturated rings. The van der Waals surface area contributed by atoms with Crippen LogP contribution in [-0.4, -0.2) is 24.1 Å². The monoisotopic (exact) mass is 274 g/mol. The van der Waals surface area contributed by atoms with Crippen molar-refractivity contribution in [2.24, 2.45) is 0 Å². The molecule has 0 aliphatic carbocycles. The van der Waals surface area contributed by atoms with Gasteiger partial charge in [0.05, 0.1) is 18.6 Å². The summed E-state index contributed by atoms with van der Waals surface area (Å²) in [6.45, 7) is 5.87. The van der Waals surface area contributed by atoms with Gasteiger partial charge in [0, 0.05) is 6.42 Å². The van der Waals surface area contributed by atoms with Crippen molar-refractivity contribution < 1.29 is 19.1 Å². The van der Waals surface area contributed by atoms with Gasteiger partial charge in [0.1, 0.15) is 5.60 Å². The number of cyclic esters (lactones) is 1. The molecule has 0 saturated carbocycles. The number of carbonyl (C=O) groups excluding carboxylic acids is 2. The first-order valence-corrected chi connectivity index (χ1v) is 6.70. The molecule has 0 N–H and O–H groups in total. The Balaban J connectivity index is 2.11. The van der Waals surface area contributed by atoms with E-state index in [1.165, 1.54) is 0 Å². The molecule has 20 heavy (non-hydrogen) atoms. The maximum absolute atomic E-state index is 12.2. The molecule has 0 radical (unpaired) electrons. The second kappa shape index (κ2) is 5.90. The second-order valence-corrected chi connectivity index (χ2v) is 4.90. The van der Waals surface area contributed by atoms with Crippen molar-refractivity contribution in [3.63, 3.8) is 0 Å². The van der Waals surface area contributed by atoms with Crippen LogP contribution in [0, 0.1) is 0 Å². The summed E-state index contributed by atoms with van der Waals surface area (Å²) in [5.41, 5.74) is 0.680. The standard InChI is InChI=1S/C16H18O4/c1-3-12-5-7-13(8-6-12)15(18)20-16(4-2)9-10-19-14(17)11-16/h3,5-8H,1,4,9-11H2,2H3. The number of rotatable bonds is 4. The fourth-order valence-electron chi connectivity index (χ4n) is 2.23. The van der Waals surface area contributed by atoms with Crippen molar-refractivity contribution in [2.45, 2.75) is 31.8 Å². The first kappa shape index (κ1) is 14.3. The van der Waals surface area contributed by atoms with Gasteiger partial charge < -0.3 is 9.47 Å². The molecule has 0 spiro atoms. The highest BCUT2D eigenvalue weighted by atomic mass is 16.6. The topological polar surface area (TPSA) is 52.6 Å². The molecule has 1 atom stereocenters. The van der Waals surface area contributed by atoms with E-state index in [1.807, 2.05) is 6.92 Å². The van der Waals surface area contributed by atoms with Crippen molar-refractivity contribution in [1.29, 1.82) is 0 Å². The summed E-state index contributed by atoms with van der Waals surface area (Å²) in [6.07, 6.45) is 2.98. The van der Waals surface area contributed by atoms with Gasteiger partial charge in [-0.3, -0.25) is 4.79 Å². The Bertz CT molecular complexity index is 518. The van der Waals surface area contributed by atoms with Crippen LogP contribution >= 0.6 is 0 Å². The van der Waals surface area contributed by atoms with Gasteiger partial charge >= 0.3 is 11.9 Å². The van der Waals surface area contributed by atoms with E-state index in [-0.39, 0.29) is 12.4 Å². The highest BCUT2D eigenvalue weighted by Crippen LogP contribution is 2.30. The molecule has 1 aromatic carbocycles. The molecule has 1 saturated heterocycles. The minimum absolute atomic E-state index is 0.125. The van der Waals surface area contributed by atoms with E-state index in [0.717, 1.165) is 5.56 Å². The van der Waals surface area contributed by atoms with E-state index in [1.54, 1.807) is 30.3 Å². The fourth-order valence-corrected chi connectivity index (χ4v) is 2.23. The van der Waals surface area contributed by atoms with E-state index in [0.29, 0.717) is 25.0 Å². The lowest BCUT2D eigenvalue weighted by atomic mass is 9.90. The molecule has 1 aliphatic rings. The van der Waals surface area contributed by atoms with Crippen molar-refractivity contribution in [2.75, 3.05) is 6.61 Å². The van der Waals surface area contributed by atoms with Gasteiger partial charge in [-0.15, -0.1) is 0 Å². The van der Waals surface area contributed by atoms with Crippen LogP contribution in [0.25, 0.3) is 6.08 Å². The van der Waals surface area contributed by atoms with Crippen LogP contribution in [0.1, 0.15) is 42.1 Å². The summed E-state index contributed by atoms with van der Waals surface area (Å²) in [6, 6.07) is 7.00. The molecular weight excluding hydrogens is 256 g/mol. The van der Waals surface area contributed by atoms with Gasteiger partial charge in [0.15, 0.2) is 0 Å². The third-order valence-electron chi connectivity index (χ3n) is 3.62. The van der Waals surface area contributed by atoms with E-state index in [9.17, 15) is 9.59 Å². The predicted octanol–water partition coefficient (Wildman–Crippen LogP) is 2.97. The lowest BCUT2D eigenvalue weighted by Crippen LogP contribution is -2.42. The first-order valence-electron chi connectivity index (χ1n) is 6.70. The fraction of sp³-hybridized carbons (Fsp3) is 0.375. The summed E-state index contributed by atoms with van der Waals surface area (Å²) >= 11 is 0. The largest absolute Gasteiger partial charge is 0.465 e. The highest BCUT2D eigenvalue weighted by molar-refractivity contribution is 5.90. The van der Waals surface area contributed by atoms with Gasteiger partial charge in [-0.25, -0.2) is 4.79 Å². The van der Waals surface area contributed by atoms with Crippen molar-refractivity contribution >= 4 is 18.0 Å². The molecule has 0 aromatic heterocycles. The van der Waals surface area contributed by atoms with Crippen LogP contribution in [0.15, 0.2) is 30.8 Å². The van der Waals surface area contributed by atoms with E-state index in [4.69, 9.17) is 9.47 Å². The molecule has 1 aliphatic heterocycles. The molecule has 4 heteroatoms. The zero-order chi connectivity index (χ0) is 14.6. The van der Waals surface area contributed by atoms with Crippen LogP contribution in [0.4, 0.5) is 0 Å². The van der Waals surface area contributed by atoms with Crippen molar-refractivity contribution in [3.8, 4) is 0 Å². The van der Waals surface area contributed by atoms with Gasteiger partial charge in [-0.05, 0) is 24.1 Å². The van der Waals surface area contributed by atoms with Gasteiger partial charge in [-0.1, -0.05) is 31.7 Å². The number of hydrogen-bond acceptors (Lipinski definition) is 4. The van der Waals surface area contributed by atoms with Crippen LogP contribution in [0.5, 0.6) is 0 Å². The molecule has 0 amide bonds. The first-order chi connectivity index (χ1) is 9.58. The minimum Gasteiger partial charge on any atom is -0.465 e. The van der Waals surface area contributed by atoms with Crippen LogP contribution in [0.3, 0.4) is 0 Å². The molecule has 2 rings (SSSR count). The van der Waals surface area contributed by atoms with Crippen LogP contribution < -0.4 is 0 Å². The average Bonchev–Trinajstić information content (AvgIpc) is 2.47. The van der Waals surface area contributed by atoms with E-state index >= 15 is 0 Å². The quantitative estimate of drug-likeness (QED) is 0.792. The number of benzene rings is 1. The molecule has 1 heterocycles. The Morgan fingerprint density at radius 3 is 2.70 bits per heavy atom. The summed E-state index contributed by atoms with van der Waals surface area (Å²) in [5.74, 6) is -0.718. The number of esters is 2. The average molecular weight is 274 g/mol. The maximum Gasteiger partial charge on any atom is 0.338 e. The zero-order valence-corrected chi connectivity index (χ0v) is 11.6.